The molecule has 0 spiro atoms. The Hall–Kier alpha value is -0.120. The van der Waals surface area contributed by atoms with Gasteiger partial charge in [0.25, 0.3) is 0 Å². The number of hydrogen-bond donors (Lipinski definition) is 0. The third-order valence-corrected chi connectivity index (χ3v) is 1.64. The van der Waals surface area contributed by atoms with Crippen molar-refractivity contribution in [1.82, 2.24) is 0 Å². The highest BCUT2D eigenvalue weighted by Crippen LogP contribution is 2.23. The Morgan fingerprint density at radius 1 is 1.11 bits per heavy atom. The SMILES string of the molecule is CC1OCC(C2CO2)O1. The largest absolute Gasteiger partial charge is 0.370 e. The summed E-state index contributed by atoms with van der Waals surface area (Å²) in [5.74, 6) is 0. The molecule has 0 aromatic carbocycles. The highest BCUT2D eigenvalue weighted by molar-refractivity contribution is 4.82. The van der Waals surface area contributed by atoms with Crippen molar-refractivity contribution >= 4 is 0 Å². The molecule has 3 unspecified atom stereocenters. The molecule has 3 atom stereocenters. The first kappa shape index (κ1) is 5.65. The lowest BCUT2D eigenvalue weighted by Gasteiger charge is -2.02. The molecule has 52 valence electrons. The van der Waals surface area contributed by atoms with Crippen LogP contribution in [0, 0.1) is 0 Å². The van der Waals surface area contributed by atoms with Gasteiger partial charge in [0.1, 0.15) is 12.2 Å². The second-order valence-electron chi connectivity index (χ2n) is 2.45. The third-order valence-electron chi connectivity index (χ3n) is 1.64. The van der Waals surface area contributed by atoms with Crippen LogP contribution in [-0.2, 0) is 14.2 Å². The van der Waals surface area contributed by atoms with Gasteiger partial charge in [-0.1, -0.05) is 0 Å². The van der Waals surface area contributed by atoms with Gasteiger partial charge in [-0.05, 0) is 6.92 Å². The number of hydrogen-bond acceptors (Lipinski definition) is 3. The monoisotopic (exact) mass is 130 g/mol. The summed E-state index contributed by atoms with van der Waals surface area (Å²) in [4.78, 5) is 0. The first-order chi connectivity index (χ1) is 4.36. The quantitative estimate of drug-likeness (QED) is 0.473. The molecule has 9 heavy (non-hydrogen) atoms. The molecule has 3 nitrogen and oxygen atoms in total. The van der Waals surface area contributed by atoms with Crippen LogP contribution in [-0.4, -0.2) is 31.7 Å². The van der Waals surface area contributed by atoms with Crippen molar-refractivity contribution in [2.45, 2.75) is 25.4 Å². The van der Waals surface area contributed by atoms with E-state index in [0.717, 1.165) is 6.61 Å². The summed E-state index contributed by atoms with van der Waals surface area (Å²) in [6.45, 7) is 3.45. The van der Waals surface area contributed by atoms with E-state index in [0.29, 0.717) is 12.7 Å². The van der Waals surface area contributed by atoms with Crippen molar-refractivity contribution in [1.29, 1.82) is 0 Å². The van der Waals surface area contributed by atoms with Gasteiger partial charge in [-0.3, -0.25) is 0 Å². The molecule has 0 radical (unpaired) electrons. The van der Waals surface area contributed by atoms with Crippen molar-refractivity contribution in [3.63, 3.8) is 0 Å². The second-order valence-corrected chi connectivity index (χ2v) is 2.45. The lowest BCUT2D eigenvalue weighted by molar-refractivity contribution is -0.0460. The fourth-order valence-electron chi connectivity index (χ4n) is 1.02. The number of ether oxygens (including phenoxy) is 3. The van der Waals surface area contributed by atoms with Crippen molar-refractivity contribution < 1.29 is 14.2 Å². The van der Waals surface area contributed by atoms with E-state index in [1.165, 1.54) is 0 Å². The van der Waals surface area contributed by atoms with Crippen LogP contribution in [0.15, 0.2) is 0 Å². The van der Waals surface area contributed by atoms with Crippen LogP contribution in [0.3, 0.4) is 0 Å². The van der Waals surface area contributed by atoms with Crippen molar-refractivity contribution in [2.24, 2.45) is 0 Å². The molecule has 0 aromatic heterocycles. The van der Waals surface area contributed by atoms with E-state index >= 15 is 0 Å². The summed E-state index contributed by atoms with van der Waals surface area (Å²) in [5, 5.41) is 0. The maximum Gasteiger partial charge on any atom is 0.155 e. The highest BCUT2D eigenvalue weighted by atomic mass is 16.7. The molecule has 3 heteroatoms. The summed E-state index contributed by atoms with van der Waals surface area (Å²) in [6.07, 6.45) is 0.508. The standard InChI is InChI=1S/C6H10O3/c1-4-7-3-6(9-4)5-2-8-5/h4-6H,2-3H2,1H3. The zero-order valence-corrected chi connectivity index (χ0v) is 5.37. The minimum Gasteiger partial charge on any atom is -0.370 e. The van der Waals surface area contributed by atoms with Crippen LogP contribution in [0.25, 0.3) is 0 Å². The number of rotatable bonds is 1. The van der Waals surface area contributed by atoms with E-state index in [-0.39, 0.29) is 12.4 Å². The minimum atomic E-state index is -0.0285. The molecule has 2 aliphatic rings. The van der Waals surface area contributed by atoms with Gasteiger partial charge in [-0.15, -0.1) is 0 Å². The van der Waals surface area contributed by atoms with Gasteiger partial charge >= 0.3 is 0 Å². The Labute approximate surface area is 53.9 Å². The maximum absolute atomic E-state index is 5.34. The maximum atomic E-state index is 5.34. The zero-order valence-electron chi connectivity index (χ0n) is 5.37. The molecule has 2 saturated heterocycles. The Bertz CT molecular complexity index is 111. The van der Waals surface area contributed by atoms with Gasteiger partial charge in [-0.25, -0.2) is 0 Å². The third kappa shape index (κ3) is 1.08. The van der Waals surface area contributed by atoms with E-state index in [4.69, 9.17) is 14.2 Å². The Morgan fingerprint density at radius 3 is 2.33 bits per heavy atom. The molecule has 2 fully saturated rings. The van der Waals surface area contributed by atoms with E-state index in [9.17, 15) is 0 Å². The van der Waals surface area contributed by atoms with Gasteiger partial charge in [0.15, 0.2) is 6.29 Å². The molecule has 0 aromatic rings. The number of epoxide rings is 1. The first-order valence-corrected chi connectivity index (χ1v) is 3.25. The topological polar surface area (TPSA) is 31.0 Å². The van der Waals surface area contributed by atoms with Crippen molar-refractivity contribution in [3.05, 3.63) is 0 Å². The Morgan fingerprint density at radius 2 is 1.89 bits per heavy atom. The molecule has 0 saturated carbocycles. The fraction of sp³-hybridized carbons (Fsp3) is 1.00. The second kappa shape index (κ2) is 1.94. The first-order valence-electron chi connectivity index (χ1n) is 3.25. The van der Waals surface area contributed by atoms with Crippen LogP contribution in [0.1, 0.15) is 6.92 Å². The molecule has 2 rings (SSSR count). The van der Waals surface area contributed by atoms with Crippen molar-refractivity contribution in [2.75, 3.05) is 13.2 Å². The fourth-order valence-corrected chi connectivity index (χ4v) is 1.02. The van der Waals surface area contributed by atoms with E-state index < -0.39 is 0 Å². The van der Waals surface area contributed by atoms with E-state index in [1.54, 1.807) is 0 Å². The van der Waals surface area contributed by atoms with Crippen LogP contribution in [0.2, 0.25) is 0 Å². The molecule has 0 amide bonds. The molecule has 0 aliphatic carbocycles. The molecule has 0 bridgehead atoms. The Kier molecular flexibility index (Phi) is 1.22. The van der Waals surface area contributed by atoms with Crippen LogP contribution in [0.4, 0.5) is 0 Å². The lowest BCUT2D eigenvalue weighted by atomic mass is 10.3. The summed E-state index contributed by atoms with van der Waals surface area (Å²) in [7, 11) is 0. The molecule has 2 heterocycles. The zero-order chi connectivity index (χ0) is 6.27. The Balaban J connectivity index is 1.86. The van der Waals surface area contributed by atoms with Gasteiger partial charge in [0, 0.05) is 0 Å². The highest BCUT2D eigenvalue weighted by Gasteiger charge is 2.38. The van der Waals surface area contributed by atoms with Crippen LogP contribution >= 0.6 is 0 Å². The molecular weight excluding hydrogens is 120 g/mol. The van der Waals surface area contributed by atoms with Crippen LogP contribution in [0.5, 0.6) is 0 Å². The summed E-state index contributed by atoms with van der Waals surface area (Å²) >= 11 is 0. The van der Waals surface area contributed by atoms with Gasteiger partial charge in [-0.2, -0.15) is 0 Å². The summed E-state index contributed by atoms with van der Waals surface area (Å²) < 4.78 is 15.5. The average Bonchev–Trinajstić information content (AvgIpc) is 2.58. The van der Waals surface area contributed by atoms with E-state index in [2.05, 4.69) is 0 Å². The summed E-state index contributed by atoms with van der Waals surface area (Å²) in [5.41, 5.74) is 0. The minimum absolute atomic E-state index is 0.0285. The average molecular weight is 130 g/mol. The van der Waals surface area contributed by atoms with E-state index in [1.807, 2.05) is 6.92 Å². The molecule has 2 aliphatic heterocycles. The van der Waals surface area contributed by atoms with Gasteiger partial charge < -0.3 is 14.2 Å². The summed E-state index contributed by atoms with van der Waals surface area (Å²) in [6, 6.07) is 0. The normalized spacial score (nSPS) is 49.7. The lowest BCUT2D eigenvalue weighted by Crippen LogP contribution is -2.17. The van der Waals surface area contributed by atoms with Gasteiger partial charge in [0.2, 0.25) is 0 Å². The molecular formula is C6H10O3. The smallest absolute Gasteiger partial charge is 0.155 e. The van der Waals surface area contributed by atoms with Crippen molar-refractivity contribution in [3.8, 4) is 0 Å². The van der Waals surface area contributed by atoms with Gasteiger partial charge in [0.05, 0.1) is 13.2 Å². The predicted molar refractivity (Wildman–Crippen MR) is 30.0 cm³/mol. The molecule has 0 N–H and O–H groups in total. The predicted octanol–water partition coefficient (Wildman–Crippen LogP) is 0.147. The van der Waals surface area contributed by atoms with Crippen LogP contribution < -0.4 is 0 Å².